The number of primary amides is 2. The molecular formula is C42H62N6O10S2. The zero-order valence-electron chi connectivity index (χ0n) is 35.8. The number of nitrogens with two attached hydrogens (primary N) is 2. The SMILES string of the molecule is COC1C(OC(N)=O)CC[C@@]2(CSc3ncccn3)O[C@@H](CC=C(C)C)[C@@](C)(O)C12.COC1C(OC(N)=O)CC[C@]2(CO2)C1[C@]1(C)O[C@@H]1CC=C(C)C.S=c1nccc[nH]1. The summed E-state index contributed by atoms with van der Waals surface area (Å²) in [7, 11) is 3.21. The maximum Gasteiger partial charge on any atom is 0.404 e. The molecule has 2 aromatic heterocycles. The molecule has 5 aliphatic rings. The summed E-state index contributed by atoms with van der Waals surface area (Å²) in [6, 6.07) is 3.56. The molecule has 3 saturated heterocycles. The number of hydrogen-bond donors (Lipinski definition) is 4. The maximum absolute atomic E-state index is 11.6. The van der Waals surface area contributed by atoms with Gasteiger partial charge in [0, 0.05) is 50.7 Å². The monoisotopic (exact) mass is 874 g/mol. The summed E-state index contributed by atoms with van der Waals surface area (Å²) >= 11 is 6.13. The minimum Gasteiger partial charge on any atom is -0.444 e. The van der Waals surface area contributed by atoms with Crippen molar-refractivity contribution in [2.24, 2.45) is 23.3 Å². The van der Waals surface area contributed by atoms with Crippen LogP contribution in [0.2, 0.25) is 0 Å². The van der Waals surface area contributed by atoms with Crippen molar-refractivity contribution in [3.05, 3.63) is 65.0 Å². The summed E-state index contributed by atoms with van der Waals surface area (Å²) in [6.07, 6.45) is 11.6. The fraction of sp³-hybridized carbons (Fsp3) is 0.667. The lowest BCUT2D eigenvalue weighted by Gasteiger charge is -2.47. The Hall–Kier alpha value is -3.49. The van der Waals surface area contributed by atoms with Crippen LogP contribution >= 0.6 is 24.0 Å². The van der Waals surface area contributed by atoms with Crippen molar-refractivity contribution in [2.45, 2.75) is 144 Å². The molecule has 18 heteroatoms. The third-order valence-corrected chi connectivity index (χ3v) is 13.5. The number of ether oxygens (including phenoxy) is 7. The number of H-pyrrole nitrogens is 1. The van der Waals surface area contributed by atoms with E-state index in [2.05, 4.69) is 65.1 Å². The number of carbonyl (C=O) groups excluding carboxylic acids is 2. The molecular weight excluding hydrogens is 813 g/mol. The molecule has 0 bridgehead atoms. The normalized spacial score (nSPS) is 35.9. The summed E-state index contributed by atoms with van der Waals surface area (Å²) < 4.78 is 41.2. The van der Waals surface area contributed by atoms with Crippen LogP contribution in [0.5, 0.6) is 0 Å². The van der Waals surface area contributed by atoms with E-state index in [1.54, 1.807) is 58.1 Å². The van der Waals surface area contributed by atoms with Crippen molar-refractivity contribution in [2.75, 3.05) is 26.6 Å². The van der Waals surface area contributed by atoms with Gasteiger partial charge in [-0.1, -0.05) is 35.1 Å². The van der Waals surface area contributed by atoms with Gasteiger partial charge in [0.15, 0.2) is 9.93 Å². The maximum atomic E-state index is 11.6. The Labute approximate surface area is 361 Å². The molecule has 332 valence electrons. The number of hydrogen-bond acceptors (Lipinski definition) is 15. The van der Waals surface area contributed by atoms with Crippen LogP contribution in [0.3, 0.4) is 0 Å². The second kappa shape index (κ2) is 20.1. The molecule has 2 aromatic rings. The molecule has 16 nitrogen and oxygen atoms in total. The van der Waals surface area contributed by atoms with Gasteiger partial charge in [0.2, 0.25) is 0 Å². The standard InChI is InChI=1S/C21H31N3O5S.C17H27NO5.C4H4N2S/c1-13(2)6-7-15-20(3,26)17-16(27-4)14(28-18(22)25)8-9-21(17,29-15)12-30-19-23-10-5-11-24-19;1-10(2)5-6-12-16(3,23-12)14-13(20-4)11(22-15(18)19)7-8-17(14)9-21-17;7-4-5-2-1-3-6-4/h5-6,10-11,14-17,26H,7-9,12H2,1-4H3,(H2,22,25);5,11-14H,6-9H2,1-4H3,(H2,18,19);1-3H,(H,5,6,7)/t14?,15-,16?,17?,20+,21-;11?,12-,13?,14?,16-,17+;/m01./s1. The number of carbonyl (C=O) groups is 2. The lowest BCUT2D eigenvalue weighted by molar-refractivity contribution is -0.155. The fourth-order valence-corrected chi connectivity index (χ4v) is 10.5. The van der Waals surface area contributed by atoms with E-state index in [0.717, 1.165) is 25.0 Å². The predicted octanol–water partition coefficient (Wildman–Crippen LogP) is 6.00. The van der Waals surface area contributed by atoms with Gasteiger partial charge in [-0.25, -0.2) is 24.5 Å². The van der Waals surface area contributed by atoms with Crippen LogP contribution in [-0.4, -0.2) is 123 Å². The molecule has 5 heterocycles. The van der Waals surface area contributed by atoms with Crippen molar-refractivity contribution in [3.63, 3.8) is 0 Å². The third kappa shape index (κ3) is 11.3. The number of aromatic nitrogens is 4. The molecule has 60 heavy (non-hydrogen) atoms. The van der Waals surface area contributed by atoms with E-state index in [4.69, 9.17) is 44.6 Å². The molecule has 6 unspecified atom stereocenters. The van der Waals surface area contributed by atoms with Gasteiger partial charge in [0.25, 0.3) is 0 Å². The summed E-state index contributed by atoms with van der Waals surface area (Å²) in [6.45, 7) is 12.8. The van der Waals surface area contributed by atoms with Crippen molar-refractivity contribution >= 4 is 36.2 Å². The van der Waals surface area contributed by atoms with Gasteiger partial charge in [-0.3, -0.25) is 0 Å². The molecule has 0 radical (unpaired) electrons. The van der Waals surface area contributed by atoms with Crippen molar-refractivity contribution in [1.29, 1.82) is 0 Å². The van der Waals surface area contributed by atoms with E-state index in [1.807, 2.05) is 13.8 Å². The second-order valence-electron chi connectivity index (χ2n) is 16.9. The van der Waals surface area contributed by atoms with Gasteiger partial charge < -0.3 is 54.7 Å². The molecule has 2 amide bonds. The highest BCUT2D eigenvalue weighted by molar-refractivity contribution is 7.99. The average molecular weight is 875 g/mol. The van der Waals surface area contributed by atoms with Crippen LogP contribution < -0.4 is 11.5 Å². The third-order valence-electron chi connectivity index (χ3n) is 12.1. The topological polar surface area (TPSA) is 232 Å². The van der Waals surface area contributed by atoms with E-state index in [0.29, 0.717) is 41.4 Å². The van der Waals surface area contributed by atoms with Crippen molar-refractivity contribution < 1.29 is 47.9 Å². The lowest BCUT2D eigenvalue weighted by atomic mass is 9.66. The highest BCUT2D eigenvalue weighted by Crippen LogP contribution is 2.60. The Balaban J connectivity index is 0.000000200. The van der Waals surface area contributed by atoms with Gasteiger partial charge in [0.05, 0.1) is 35.9 Å². The number of allylic oxidation sites excluding steroid dienone is 2. The average Bonchev–Trinajstić information content (AvgIpc) is 4.10. The molecule has 2 saturated carbocycles. The first kappa shape index (κ1) is 47.6. The number of nitrogens with one attached hydrogen (secondary N) is 1. The van der Waals surface area contributed by atoms with Crippen LogP contribution in [-0.2, 0) is 33.2 Å². The number of thioether (sulfide) groups is 1. The van der Waals surface area contributed by atoms with Crippen LogP contribution in [0, 0.1) is 16.6 Å². The van der Waals surface area contributed by atoms with E-state index < -0.39 is 47.6 Å². The number of methoxy groups -OCH3 is 2. The number of amides is 2. The molecule has 5 fully saturated rings. The van der Waals surface area contributed by atoms with E-state index in [-0.39, 0.29) is 35.4 Å². The highest BCUT2D eigenvalue weighted by atomic mass is 32.2. The molecule has 3 aliphatic heterocycles. The van der Waals surface area contributed by atoms with Gasteiger partial charge in [-0.15, -0.1) is 0 Å². The zero-order chi connectivity index (χ0) is 43.9. The first-order valence-corrected chi connectivity index (χ1v) is 21.7. The number of aromatic amines is 1. The second-order valence-corrected chi connectivity index (χ2v) is 18.2. The molecule has 0 aromatic carbocycles. The van der Waals surface area contributed by atoms with Gasteiger partial charge in [0.1, 0.15) is 35.6 Å². The Morgan fingerprint density at radius 1 is 0.883 bits per heavy atom. The lowest BCUT2D eigenvalue weighted by Crippen LogP contribution is -2.60. The zero-order valence-corrected chi connectivity index (χ0v) is 37.5. The molecule has 6 N–H and O–H groups in total. The first-order valence-electron chi connectivity index (χ1n) is 20.3. The number of fused-ring (bicyclic) bond motifs is 1. The quantitative estimate of drug-likeness (QED) is 0.0630. The minimum atomic E-state index is -1.19. The largest absolute Gasteiger partial charge is 0.444 e. The number of aliphatic hydroxyl groups is 1. The Morgan fingerprint density at radius 3 is 1.92 bits per heavy atom. The van der Waals surface area contributed by atoms with Crippen LogP contribution in [0.25, 0.3) is 0 Å². The fourth-order valence-electron chi connectivity index (χ4n) is 9.29. The summed E-state index contributed by atoms with van der Waals surface area (Å²) in [5, 5.41) is 12.3. The Bertz CT molecular complexity index is 1860. The molecule has 7 rings (SSSR count). The van der Waals surface area contributed by atoms with Gasteiger partial charge in [-0.05, 0) is 104 Å². The molecule has 12 atom stereocenters. The summed E-state index contributed by atoms with van der Waals surface area (Å²) in [4.78, 5) is 37.7. The van der Waals surface area contributed by atoms with Crippen LogP contribution in [0.15, 0.2) is 65.4 Å². The minimum absolute atomic E-state index is 0.0358. The smallest absolute Gasteiger partial charge is 0.404 e. The number of nitrogens with zero attached hydrogens (tertiary/aromatic N) is 3. The van der Waals surface area contributed by atoms with Crippen molar-refractivity contribution in [3.8, 4) is 0 Å². The van der Waals surface area contributed by atoms with Gasteiger partial charge in [-0.2, -0.15) is 0 Å². The number of rotatable bonds is 12. The molecule has 1 spiro atoms. The summed E-state index contributed by atoms with van der Waals surface area (Å²) in [5.41, 5.74) is 10.5. The summed E-state index contributed by atoms with van der Waals surface area (Å²) in [5.74, 6) is 0.167. The van der Waals surface area contributed by atoms with Gasteiger partial charge >= 0.3 is 12.2 Å². The van der Waals surface area contributed by atoms with E-state index in [9.17, 15) is 14.7 Å². The highest BCUT2D eigenvalue weighted by Gasteiger charge is 2.72. The van der Waals surface area contributed by atoms with E-state index in [1.165, 1.54) is 17.3 Å². The molecule has 2 aliphatic carbocycles. The first-order chi connectivity index (χ1) is 28.4. The predicted molar refractivity (Wildman–Crippen MR) is 226 cm³/mol. The van der Waals surface area contributed by atoms with Crippen LogP contribution in [0.4, 0.5) is 9.59 Å². The number of epoxide rings is 2. The van der Waals surface area contributed by atoms with E-state index >= 15 is 0 Å². The van der Waals surface area contributed by atoms with Crippen LogP contribution in [0.1, 0.15) is 80.1 Å². The Kier molecular flexibility index (Phi) is 16.0. The van der Waals surface area contributed by atoms with Crippen molar-refractivity contribution in [1.82, 2.24) is 19.9 Å². The Morgan fingerprint density at radius 2 is 1.43 bits per heavy atom.